The Kier molecular flexibility index (Phi) is 4.36. The maximum atomic E-state index is 14.2. The van der Waals surface area contributed by atoms with E-state index in [-0.39, 0.29) is 35.6 Å². The molecule has 24 heavy (non-hydrogen) atoms. The summed E-state index contributed by atoms with van der Waals surface area (Å²) in [7, 11) is 0. The zero-order valence-electron chi connectivity index (χ0n) is 13.8. The number of benzene rings is 1. The highest BCUT2D eigenvalue weighted by atomic mass is 19.1. The van der Waals surface area contributed by atoms with Crippen molar-refractivity contribution < 1.29 is 13.7 Å². The predicted molar refractivity (Wildman–Crippen MR) is 86.3 cm³/mol. The van der Waals surface area contributed by atoms with Gasteiger partial charge in [0.05, 0.1) is 5.56 Å². The Morgan fingerprint density at radius 1 is 1.46 bits per heavy atom. The molecule has 0 bridgehead atoms. The topological polar surface area (TPSA) is 94.0 Å². The second-order valence-electron chi connectivity index (χ2n) is 6.63. The van der Waals surface area contributed by atoms with Crippen LogP contribution in [0.5, 0.6) is 0 Å². The first-order valence-electron chi connectivity index (χ1n) is 8.07. The van der Waals surface area contributed by atoms with Crippen LogP contribution in [-0.2, 0) is 16.8 Å². The van der Waals surface area contributed by atoms with Crippen molar-refractivity contribution >= 4 is 5.91 Å². The molecule has 2 heterocycles. The lowest BCUT2D eigenvalue weighted by atomic mass is 9.78. The molecule has 7 heteroatoms. The highest BCUT2D eigenvalue weighted by molar-refractivity contribution is 5.89. The molecule has 1 aromatic heterocycles. The fourth-order valence-electron chi connectivity index (χ4n) is 3.25. The van der Waals surface area contributed by atoms with Gasteiger partial charge < -0.3 is 15.6 Å². The van der Waals surface area contributed by atoms with Crippen molar-refractivity contribution in [3.8, 4) is 11.4 Å². The van der Waals surface area contributed by atoms with Gasteiger partial charge in [-0.3, -0.25) is 4.79 Å². The molecule has 0 radical (unpaired) electrons. The van der Waals surface area contributed by atoms with Crippen LogP contribution in [0.2, 0.25) is 0 Å². The first-order valence-corrected chi connectivity index (χ1v) is 8.07. The Hall–Kier alpha value is -2.28. The normalized spacial score (nSPS) is 20.6. The summed E-state index contributed by atoms with van der Waals surface area (Å²) in [5, 5.41) is 6.73. The molecule has 1 fully saturated rings. The van der Waals surface area contributed by atoms with Crippen molar-refractivity contribution in [2.45, 2.75) is 38.6 Å². The maximum absolute atomic E-state index is 14.2. The van der Waals surface area contributed by atoms with E-state index in [1.165, 1.54) is 6.07 Å². The summed E-state index contributed by atoms with van der Waals surface area (Å²) in [6.45, 7) is 4.90. The Morgan fingerprint density at radius 3 is 2.83 bits per heavy atom. The minimum Gasteiger partial charge on any atom is -0.355 e. The highest BCUT2D eigenvalue weighted by Crippen LogP contribution is 2.38. The van der Waals surface area contributed by atoms with Gasteiger partial charge in [-0.05, 0) is 36.5 Å². The van der Waals surface area contributed by atoms with Gasteiger partial charge in [-0.1, -0.05) is 25.1 Å². The molecule has 1 amide bonds. The smallest absolute Gasteiger partial charge is 0.242 e. The van der Waals surface area contributed by atoms with Crippen molar-refractivity contribution in [1.29, 1.82) is 0 Å². The molecule has 2 aromatic rings. The molecular weight excluding hydrogens is 311 g/mol. The SMILES string of the molecule is CC(C)CC1(c2nc(-c3ccc(CN)cc3F)no2)CCNC1=O. The van der Waals surface area contributed by atoms with Crippen LogP contribution in [0.3, 0.4) is 0 Å². The average molecular weight is 332 g/mol. The van der Waals surface area contributed by atoms with Gasteiger partial charge in [-0.15, -0.1) is 0 Å². The number of amides is 1. The second kappa shape index (κ2) is 6.32. The summed E-state index contributed by atoms with van der Waals surface area (Å²) >= 11 is 0. The summed E-state index contributed by atoms with van der Waals surface area (Å²) in [4.78, 5) is 16.7. The average Bonchev–Trinajstić information content (AvgIpc) is 3.15. The van der Waals surface area contributed by atoms with Gasteiger partial charge in [-0.2, -0.15) is 4.98 Å². The molecule has 0 spiro atoms. The van der Waals surface area contributed by atoms with Gasteiger partial charge in [0.2, 0.25) is 17.6 Å². The Balaban J connectivity index is 1.99. The molecule has 6 nitrogen and oxygen atoms in total. The molecule has 1 aromatic carbocycles. The van der Waals surface area contributed by atoms with E-state index in [0.29, 0.717) is 24.9 Å². The van der Waals surface area contributed by atoms with Crippen LogP contribution in [0.25, 0.3) is 11.4 Å². The quantitative estimate of drug-likeness (QED) is 0.875. The highest BCUT2D eigenvalue weighted by Gasteiger charge is 2.49. The van der Waals surface area contributed by atoms with Crippen LogP contribution >= 0.6 is 0 Å². The number of carbonyl (C=O) groups excluding carboxylic acids is 1. The van der Waals surface area contributed by atoms with Gasteiger partial charge in [0, 0.05) is 13.1 Å². The molecule has 1 atom stereocenters. The monoisotopic (exact) mass is 332 g/mol. The Bertz CT molecular complexity index is 759. The van der Waals surface area contributed by atoms with Crippen molar-refractivity contribution in [2.24, 2.45) is 11.7 Å². The van der Waals surface area contributed by atoms with Crippen LogP contribution in [-0.4, -0.2) is 22.6 Å². The number of hydrogen-bond donors (Lipinski definition) is 2. The van der Waals surface area contributed by atoms with Gasteiger partial charge in [0.15, 0.2) is 0 Å². The van der Waals surface area contributed by atoms with Crippen LogP contribution in [0, 0.1) is 11.7 Å². The Labute approximate surface area is 139 Å². The molecule has 3 N–H and O–H groups in total. The van der Waals surface area contributed by atoms with Crippen molar-refractivity contribution in [3.63, 3.8) is 0 Å². The summed E-state index contributed by atoms with van der Waals surface area (Å²) in [5.74, 6) is 0.117. The van der Waals surface area contributed by atoms with E-state index < -0.39 is 11.2 Å². The molecule has 1 aliphatic heterocycles. The predicted octanol–water partition coefficient (Wildman–Crippen LogP) is 2.14. The zero-order valence-corrected chi connectivity index (χ0v) is 13.8. The van der Waals surface area contributed by atoms with Gasteiger partial charge >= 0.3 is 0 Å². The number of nitrogens with two attached hydrogens (primary N) is 1. The van der Waals surface area contributed by atoms with Crippen molar-refractivity contribution in [2.75, 3.05) is 6.54 Å². The zero-order chi connectivity index (χ0) is 17.3. The van der Waals surface area contributed by atoms with E-state index in [1.807, 2.05) is 13.8 Å². The van der Waals surface area contributed by atoms with Crippen LogP contribution < -0.4 is 11.1 Å². The molecule has 128 valence electrons. The third-order valence-electron chi connectivity index (χ3n) is 4.37. The molecule has 3 rings (SSSR count). The minimum absolute atomic E-state index is 0.106. The van der Waals surface area contributed by atoms with Crippen LogP contribution in [0.1, 0.15) is 38.1 Å². The second-order valence-corrected chi connectivity index (χ2v) is 6.63. The van der Waals surface area contributed by atoms with E-state index in [0.717, 1.165) is 0 Å². The van der Waals surface area contributed by atoms with Gasteiger partial charge in [0.25, 0.3) is 0 Å². The first-order chi connectivity index (χ1) is 11.5. The molecule has 0 aliphatic carbocycles. The summed E-state index contributed by atoms with van der Waals surface area (Å²) in [6.07, 6.45) is 1.20. The third-order valence-corrected chi connectivity index (χ3v) is 4.37. The standard InChI is InChI=1S/C17H21FN4O2/c1-10(2)8-17(5-6-20-15(17)23)16-21-14(22-24-16)12-4-3-11(9-19)7-13(12)18/h3-4,7,10H,5-6,8-9,19H2,1-2H3,(H,20,23). The number of nitrogens with zero attached hydrogens (tertiary/aromatic N) is 2. The minimum atomic E-state index is -0.826. The summed E-state index contributed by atoms with van der Waals surface area (Å²) in [5.41, 5.74) is 5.61. The third kappa shape index (κ3) is 2.80. The fourth-order valence-corrected chi connectivity index (χ4v) is 3.25. The fraction of sp³-hybridized carbons (Fsp3) is 0.471. The van der Waals surface area contributed by atoms with Crippen molar-refractivity contribution in [1.82, 2.24) is 15.5 Å². The lowest BCUT2D eigenvalue weighted by Crippen LogP contribution is -2.37. The van der Waals surface area contributed by atoms with Gasteiger partial charge in [-0.25, -0.2) is 4.39 Å². The Morgan fingerprint density at radius 2 is 2.25 bits per heavy atom. The van der Waals surface area contributed by atoms with E-state index in [4.69, 9.17) is 10.3 Å². The number of hydrogen-bond acceptors (Lipinski definition) is 5. The largest absolute Gasteiger partial charge is 0.355 e. The number of aromatic nitrogens is 2. The summed E-state index contributed by atoms with van der Waals surface area (Å²) in [6, 6.07) is 4.66. The maximum Gasteiger partial charge on any atom is 0.242 e. The van der Waals surface area contributed by atoms with E-state index in [1.54, 1.807) is 12.1 Å². The lowest BCUT2D eigenvalue weighted by Gasteiger charge is -2.23. The first kappa shape index (κ1) is 16.6. The number of carbonyl (C=O) groups is 1. The van der Waals surface area contributed by atoms with E-state index >= 15 is 0 Å². The molecular formula is C17H21FN4O2. The van der Waals surface area contributed by atoms with E-state index in [9.17, 15) is 9.18 Å². The van der Waals surface area contributed by atoms with E-state index in [2.05, 4.69) is 15.5 Å². The van der Waals surface area contributed by atoms with Crippen LogP contribution in [0.15, 0.2) is 22.7 Å². The number of nitrogens with one attached hydrogen (secondary N) is 1. The number of rotatable bonds is 5. The lowest BCUT2D eigenvalue weighted by molar-refractivity contribution is -0.125. The molecule has 1 aliphatic rings. The van der Waals surface area contributed by atoms with Crippen molar-refractivity contribution in [3.05, 3.63) is 35.5 Å². The summed E-state index contributed by atoms with van der Waals surface area (Å²) < 4.78 is 19.6. The molecule has 1 unspecified atom stereocenters. The molecule has 1 saturated heterocycles. The van der Waals surface area contributed by atoms with Gasteiger partial charge in [0.1, 0.15) is 11.2 Å². The molecule has 0 saturated carbocycles. The van der Waals surface area contributed by atoms with Crippen LogP contribution in [0.4, 0.5) is 4.39 Å². The number of halogens is 1.